The van der Waals surface area contributed by atoms with Gasteiger partial charge in [0.25, 0.3) is 0 Å². The Labute approximate surface area is 168 Å². The second kappa shape index (κ2) is 12.2. The molecule has 2 aromatic rings. The third kappa shape index (κ3) is 7.58. The van der Waals surface area contributed by atoms with Crippen LogP contribution in [0.3, 0.4) is 0 Å². The van der Waals surface area contributed by atoms with Gasteiger partial charge in [0.2, 0.25) is 0 Å². The predicted molar refractivity (Wildman–Crippen MR) is 115 cm³/mol. The van der Waals surface area contributed by atoms with Crippen LogP contribution in [0.25, 0.3) is 0 Å². The monoisotopic (exact) mass is 376 g/mol. The minimum absolute atomic E-state index is 0.164. The van der Waals surface area contributed by atoms with E-state index in [0.29, 0.717) is 0 Å². The largest absolute Gasteiger partial charge is 0.454 e. The van der Waals surface area contributed by atoms with Gasteiger partial charge >= 0.3 is 5.97 Å². The highest BCUT2D eigenvalue weighted by Gasteiger charge is 2.26. The second-order valence-corrected chi connectivity index (χ2v) is 6.29. The lowest BCUT2D eigenvalue weighted by atomic mass is 9.91. The van der Waals surface area contributed by atoms with Crippen LogP contribution in [-0.2, 0) is 14.3 Å². The number of ketones is 1. The Hall–Kier alpha value is -3.20. The zero-order valence-corrected chi connectivity index (χ0v) is 16.8. The highest BCUT2D eigenvalue weighted by molar-refractivity contribution is 5.87. The second-order valence-electron chi connectivity index (χ2n) is 6.29. The lowest BCUT2D eigenvalue weighted by Crippen LogP contribution is -2.26. The van der Waals surface area contributed by atoms with Crippen LogP contribution < -0.4 is 0 Å². The molecule has 0 bridgehead atoms. The summed E-state index contributed by atoms with van der Waals surface area (Å²) >= 11 is 0. The van der Waals surface area contributed by atoms with Crippen molar-refractivity contribution in [3.05, 3.63) is 109 Å². The predicted octanol–water partition coefficient (Wildman–Crippen LogP) is 5.64. The molecule has 0 radical (unpaired) electrons. The van der Waals surface area contributed by atoms with Crippen molar-refractivity contribution in [3.8, 4) is 0 Å². The van der Waals surface area contributed by atoms with E-state index in [2.05, 4.69) is 13.2 Å². The van der Waals surface area contributed by atoms with E-state index in [1.807, 2.05) is 73.7 Å². The number of hydrogen-bond donors (Lipinski definition) is 0. The van der Waals surface area contributed by atoms with Gasteiger partial charge in [-0.2, -0.15) is 0 Å². The zero-order chi connectivity index (χ0) is 20.9. The Morgan fingerprint density at radius 2 is 1.36 bits per heavy atom. The van der Waals surface area contributed by atoms with Crippen LogP contribution in [0.2, 0.25) is 0 Å². The zero-order valence-electron chi connectivity index (χ0n) is 16.8. The van der Waals surface area contributed by atoms with Crippen LogP contribution in [0.15, 0.2) is 97.6 Å². The van der Waals surface area contributed by atoms with Crippen LogP contribution in [0.4, 0.5) is 0 Å². The maximum atomic E-state index is 12.5. The summed E-state index contributed by atoms with van der Waals surface area (Å²) in [6.45, 7) is 12.1. The van der Waals surface area contributed by atoms with E-state index < -0.39 is 18.0 Å². The molecule has 0 fully saturated rings. The van der Waals surface area contributed by atoms with Gasteiger partial charge in [-0.15, -0.1) is 0 Å². The third-order valence-electron chi connectivity index (χ3n) is 4.07. The molecule has 2 rings (SSSR count). The number of esters is 1. The molecule has 28 heavy (non-hydrogen) atoms. The molecule has 0 saturated carbocycles. The molecular weight excluding hydrogens is 348 g/mol. The van der Waals surface area contributed by atoms with E-state index in [0.717, 1.165) is 16.7 Å². The van der Waals surface area contributed by atoms with Gasteiger partial charge in [0.1, 0.15) is 5.92 Å². The van der Waals surface area contributed by atoms with Gasteiger partial charge < -0.3 is 4.74 Å². The fourth-order valence-corrected chi connectivity index (χ4v) is 2.33. The summed E-state index contributed by atoms with van der Waals surface area (Å²) in [7, 11) is 0. The van der Waals surface area contributed by atoms with Gasteiger partial charge in [-0.25, -0.2) is 0 Å². The summed E-state index contributed by atoms with van der Waals surface area (Å²) < 4.78 is 5.29. The average Bonchev–Trinajstić information content (AvgIpc) is 2.70. The summed E-state index contributed by atoms with van der Waals surface area (Å²) in [4.78, 5) is 23.8. The molecule has 1 atom stereocenters. The summed E-state index contributed by atoms with van der Waals surface area (Å²) in [6.07, 6.45) is 4.72. The lowest BCUT2D eigenvalue weighted by molar-refractivity contribution is -0.154. The topological polar surface area (TPSA) is 43.4 Å². The van der Waals surface area contributed by atoms with E-state index >= 15 is 0 Å². The van der Waals surface area contributed by atoms with Crippen LogP contribution in [-0.4, -0.2) is 17.9 Å². The number of rotatable bonds is 7. The summed E-state index contributed by atoms with van der Waals surface area (Å²) in [5.41, 5.74) is 2.85. The maximum absolute atomic E-state index is 12.5. The van der Waals surface area contributed by atoms with Gasteiger partial charge in [-0.1, -0.05) is 97.6 Å². The number of benzene rings is 2. The Bertz CT molecular complexity index is 765. The quantitative estimate of drug-likeness (QED) is 0.464. The normalized spacial score (nSPS) is 11.6. The molecule has 0 aromatic heterocycles. The van der Waals surface area contributed by atoms with E-state index in [9.17, 15) is 9.59 Å². The first-order chi connectivity index (χ1) is 13.4. The first-order valence-corrected chi connectivity index (χ1v) is 9.13. The molecule has 146 valence electrons. The van der Waals surface area contributed by atoms with Gasteiger partial charge in [0, 0.05) is 0 Å². The number of carbonyl (C=O) groups is 2. The molecular formula is C25H28O3. The number of hydrogen-bond acceptors (Lipinski definition) is 3. The van der Waals surface area contributed by atoms with Crippen molar-refractivity contribution < 1.29 is 14.3 Å². The average molecular weight is 376 g/mol. The number of Topliss-reactive ketones (excluding diaryl/α,β-unsaturated/α-hetero) is 1. The SMILES string of the molecule is C=C/C=C(/C)C=C.CC(=O)C(C)OC(=O)C(c1ccccc1)c1ccccc1. The summed E-state index contributed by atoms with van der Waals surface area (Å²) in [6, 6.07) is 18.9. The third-order valence-corrected chi connectivity index (χ3v) is 4.07. The Kier molecular flexibility index (Phi) is 9.98. The molecule has 3 heteroatoms. The van der Waals surface area contributed by atoms with Crippen molar-refractivity contribution in [2.75, 3.05) is 0 Å². The minimum atomic E-state index is -0.729. The fourth-order valence-electron chi connectivity index (χ4n) is 2.33. The fraction of sp³-hybridized carbons (Fsp3) is 0.200. The van der Waals surface area contributed by atoms with Crippen molar-refractivity contribution in [1.82, 2.24) is 0 Å². The number of ether oxygens (including phenoxy) is 1. The van der Waals surface area contributed by atoms with Gasteiger partial charge in [0.15, 0.2) is 11.9 Å². The molecule has 1 unspecified atom stereocenters. The van der Waals surface area contributed by atoms with E-state index in [1.54, 1.807) is 19.1 Å². The van der Waals surface area contributed by atoms with E-state index in [1.165, 1.54) is 6.92 Å². The van der Waals surface area contributed by atoms with E-state index in [4.69, 9.17) is 4.74 Å². The first-order valence-electron chi connectivity index (χ1n) is 9.13. The standard InChI is InChI=1S/C18H18O3.C7H10/c1-13(19)14(2)21-18(20)17(15-9-5-3-6-10-15)16-11-7-4-8-12-16;1-4-6-7(3)5-2/h3-12,14,17H,1-2H3;4-6H,1-2H2,3H3/b;7-6-. The van der Waals surface area contributed by atoms with Crippen molar-refractivity contribution in [3.63, 3.8) is 0 Å². The molecule has 0 heterocycles. The van der Waals surface area contributed by atoms with E-state index in [-0.39, 0.29) is 5.78 Å². The smallest absolute Gasteiger partial charge is 0.318 e. The van der Waals surface area contributed by atoms with Crippen LogP contribution in [0, 0.1) is 0 Å². The van der Waals surface area contributed by atoms with Crippen molar-refractivity contribution in [1.29, 1.82) is 0 Å². The van der Waals surface area contributed by atoms with Crippen LogP contribution >= 0.6 is 0 Å². The van der Waals surface area contributed by atoms with Crippen molar-refractivity contribution in [2.45, 2.75) is 32.8 Å². The molecule has 0 N–H and O–H groups in total. The summed E-state index contributed by atoms with van der Waals surface area (Å²) in [5, 5.41) is 0. The molecule has 2 aromatic carbocycles. The van der Waals surface area contributed by atoms with Gasteiger partial charge in [-0.05, 0) is 31.9 Å². The number of allylic oxidation sites excluding steroid dienone is 4. The Balaban J connectivity index is 0.000000480. The van der Waals surface area contributed by atoms with Gasteiger partial charge in [0.05, 0.1) is 0 Å². The van der Waals surface area contributed by atoms with Gasteiger partial charge in [-0.3, -0.25) is 9.59 Å². The Morgan fingerprint density at radius 3 is 1.68 bits per heavy atom. The molecule has 0 amide bonds. The first kappa shape index (κ1) is 22.8. The molecule has 3 nitrogen and oxygen atoms in total. The summed E-state index contributed by atoms with van der Waals surface area (Å²) in [5.74, 6) is -1.09. The lowest BCUT2D eigenvalue weighted by Gasteiger charge is -2.19. The van der Waals surface area contributed by atoms with Crippen LogP contribution in [0.5, 0.6) is 0 Å². The van der Waals surface area contributed by atoms with Crippen molar-refractivity contribution >= 4 is 11.8 Å². The highest BCUT2D eigenvalue weighted by atomic mass is 16.5. The number of carbonyl (C=O) groups excluding carboxylic acids is 2. The molecule has 0 saturated heterocycles. The molecule has 0 aliphatic rings. The van der Waals surface area contributed by atoms with Crippen molar-refractivity contribution in [2.24, 2.45) is 0 Å². The highest BCUT2D eigenvalue weighted by Crippen LogP contribution is 2.26. The van der Waals surface area contributed by atoms with Crippen LogP contribution in [0.1, 0.15) is 37.8 Å². The minimum Gasteiger partial charge on any atom is -0.454 e. The molecule has 0 spiro atoms. The molecule has 0 aliphatic heterocycles. The maximum Gasteiger partial charge on any atom is 0.318 e. The molecule has 0 aliphatic carbocycles. The Morgan fingerprint density at radius 1 is 0.893 bits per heavy atom.